The van der Waals surface area contributed by atoms with Gasteiger partial charge in [0.05, 0.1) is 43.5 Å². The topological polar surface area (TPSA) is 204 Å². The molecule has 0 radical (unpaired) electrons. The minimum atomic E-state index is -0.677. The van der Waals surface area contributed by atoms with E-state index >= 15 is 0 Å². The number of carbonyl (C=O) groups excluding carboxylic acids is 4. The number of primary amides is 1. The van der Waals surface area contributed by atoms with Crippen molar-refractivity contribution in [2.75, 3.05) is 33.2 Å². The predicted molar refractivity (Wildman–Crippen MR) is 265 cm³/mol. The van der Waals surface area contributed by atoms with E-state index in [1.807, 2.05) is 58.5 Å². The van der Waals surface area contributed by atoms with Gasteiger partial charge >= 0.3 is 6.09 Å². The van der Waals surface area contributed by atoms with Crippen LogP contribution in [0.15, 0.2) is 103 Å². The molecule has 2 aliphatic carbocycles. The van der Waals surface area contributed by atoms with Gasteiger partial charge in [-0.3, -0.25) is 14.4 Å². The summed E-state index contributed by atoms with van der Waals surface area (Å²) in [5.41, 5.74) is 10.9. The molecule has 4 aromatic carbocycles. The van der Waals surface area contributed by atoms with Crippen LogP contribution in [0.25, 0.3) is 44.4 Å². The highest BCUT2D eigenvalue weighted by Gasteiger charge is 2.50. The van der Waals surface area contributed by atoms with Crippen LogP contribution < -0.4 is 16.9 Å². The minimum Gasteiger partial charge on any atom is -0.453 e. The molecule has 9 rings (SSSR count). The molecule has 1 unspecified atom stereocenters. The van der Waals surface area contributed by atoms with E-state index < -0.39 is 12.2 Å². The molecule has 6 N–H and O–H groups in total. The summed E-state index contributed by atoms with van der Waals surface area (Å²) in [7, 11) is 2.86. The number of fused-ring (bicyclic) bond motifs is 3. The highest BCUT2D eigenvalue weighted by atomic mass is 16.5. The number of benzene rings is 4. The van der Waals surface area contributed by atoms with Gasteiger partial charge in [-0.15, -0.1) is 12.8 Å². The summed E-state index contributed by atoms with van der Waals surface area (Å²) >= 11 is 0. The summed E-state index contributed by atoms with van der Waals surface area (Å²) in [5.74, 6) is 8.12. The summed E-state index contributed by atoms with van der Waals surface area (Å²) in [6, 6.07) is 30.6. The number of H-pyrrole nitrogens is 1. The standard InChI is InChI=1S/C47H50N8O5.C3H8.C2H2.CH3NO/c1-47(19-20-47)28-53(45(57)43(59-2)31-7-5-4-6-8-31)27-40-49-24-38(52-40)35-16-15-33-21-32(13-14-34(33)22-35)29-9-11-30(12-10-29)39-25-50-44(55(39)48)42-36-17-18-37(23-36)54(42)41(56)26-51-46(58)60-3;1-3-2;1-2;2-1-3/h4-16,21-22,24-25,36-37,42-43H,17-20,23,26-28,48H2,1-3H3,(H,49,52)(H,51,58);3H2,1-2H3;1-2H;1H,(H2,2,3)/t36-,37?,42-,43+;;;/m0.../s1. The van der Waals surface area contributed by atoms with E-state index in [1.165, 1.54) is 13.5 Å². The summed E-state index contributed by atoms with van der Waals surface area (Å²) in [6.45, 7) is 7.36. The Hall–Kier alpha value is -7.44. The highest BCUT2D eigenvalue weighted by Crippen LogP contribution is 2.50. The molecule has 2 aromatic heterocycles. The molecule has 356 valence electrons. The number of nitrogen functional groups attached to an aromatic ring is 1. The number of likely N-dealkylation sites (tertiary alicyclic amines) is 1. The fourth-order valence-electron chi connectivity index (χ4n) is 9.21. The second-order valence-corrected chi connectivity index (χ2v) is 17.7. The average molecular weight is 922 g/mol. The van der Waals surface area contributed by atoms with Gasteiger partial charge in [-0.05, 0) is 83.0 Å². The number of nitrogens with zero attached hydrogens (tertiary/aromatic N) is 5. The minimum absolute atomic E-state index is 0.0633. The number of hydrogen-bond acceptors (Lipinski definition) is 9. The molecule has 0 spiro atoms. The number of aromatic amines is 1. The third-order valence-electron chi connectivity index (χ3n) is 12.7. The Morgan fingerprint density at radius 2 is 1.53 bits per heavy atom. The molecule has 68 heavy (non-hydrogen) atoms. The monoisotopic (exact) mass is 921 g/mol. The van der Waals surface area contributed by atoms with Crippen molar-refractivity contribution in [3.05, 3.63) is 121 Å². The van der Waals surface area contributed by atoms with Crippen LogP contribution in [0.4, 0.5) is 4.79 Å². The maximum Gasteiger partial charge on any atom is 0.407 e. The van der Waals surface area contributed by atoms with Gasteiger partial charge in [-0.2, -0.15) is 0 Å². The molecule has 4 amide bonds. The molecule has 1 aliphatic heterocycles. The van der Waals surface area contributed by atoms with Crippen molar-refractivity contribution in [2.24, 2.45) is 17.1 Å². The quantitative estimate of drug-likeness (QED) is 0.0501. The fraction of sp³-hybridized carbons (Fsp3) is 0.358. The lowest BCUT2D eigenvalue weighted by Gasteiger charge is -2.35. The van der Waals surface area contributed by atoms with Gasteiger partial charge in [0.15, 0.2) is 11.9 Å². The van der Waals surface area contributed by atoms with Crippen LogP contribution in [0, 0.1) is 24.2 Å². The van der Waals surface area contributed by atoms with Crippen LogP contribution >= 0.6 is 0 Å². The molecular weight excluding hydrogens is 859 g/mol. The van der Waals surface area contributed by atoms with Crippen molar-refractivity contribution in [2.45, 2.75) is 84.0 Å². The first kappa shape index (κ1) is 50.0. The third kappa shape index (κ3) is 11.4. The molecule has 15 nitrogen and oxygen atoms in total. The van der Waals surface area contributed by atoms with Gasteiger partial charge in [-0.25, -0.2) is 19.4 Å². The molecule has 2 bridgehead atoms. The number of rotatable bonds is 13. The number of alkyl carbamates (subject to hydrolysis) is 1. The molecule has 3 aliphatic rings. The molecular formula is C53H63N9O6. The van der Waals surface area contributed by atoms with Crippen molar-refractivity contribution in [3.8, 4) is 46.5 Å². The maximum absolute atomic E-state index is 13.9. The van der Waals surface area contributed by atoms with E-state index in [0.717, 1.165) is 87.9 Å². The van der Waals surface area contributed by atoms with Gasteiger partial charge in [0, 0.05) is 30.8 Å². The smallest absolute Gasteiger partial charge is 0.407 e. The van der Waals surface area contributed by atoms with Crippen LogP contribution in [0.3, 0.4) is 0 Å². The first-order valence-corrected chi connectivity index (χ1v) is 22.9. The summed E-state index contributed by atoms with van der Waals surface area (Å²) in [6.07, 6.45) is 16.8. The van der Waals surface area contributed by atoms with Crippen LogP contribution in [-0.2, 0) is 30.4 Å². The Balaban J connectivity index is 0.000000894. The van der Waals surface area contributed by atoms with E-state index in [0.29, 0.717) is 18.9 Å². The van der Waals surface area contributed by atoms with E-state index in [-0.39, 0.29) is 48.2 Å². The zero-order valence-electron chi connectivity index (χ0n) is 39.6. The van der Waals surface area contributed by atoms with Crippen molar-refractivity contribution < 1.29 is 28.7 Å². The fourth-order valence-corrected chi connectivity index (χ4v) is 9.21. The van der Waals surface area contributed by atoms with Crippen LogP contribution in [0.5, 0.6) is 0 Å². The van der Waals surface area contributed by atoms with Crippen molar-refractivity contribution in [3.63, 3.8) is 0 Å². The number of methoxy groups -OCH3 is 2. The number of aromatic nitrogens is 4. The number of nitrogens with one attached hydrogen (secondary N) is 2. The van der Waals surface area contributed by atoms with Crippen molar-refractivity contribution in [1.82, 2.24) is 34.7 Å². The average Bonchev–Trinajstić information content (AvgIpc) is 3.84. The molecule has 1 saturated heterocycles. The van der Waals surface area contributed by atoms with Crippen molar-refractivity contribution in [1.29, 1.82) is 0 Å². The largest absolute Gasteiger partial charge is 0.453 e. The lowest BCUT2D eigenvalue weighted by atomic mass is 9.97. The highest BCUT2D eigenvalue weighted by molar-refractivity contribution is 5.91. The normalized spacial score (nSPS) is 17.5. The SMILES string of the molecule is C#C.CCC.COC(=O)NCC(=O)N1C2CC[C@@H](C2)[C@H]1c1ncc(-c2ccc(-c3ccc4cc(-c5cnc(CN(CC6(C)CC6)C(=O)[C@H](OC)c6ccccc6)[nH]5)ccc4c3)cc2)n1N.NC=O. The Morgan fingerprint density at radius 3 is 2.16 bits per heavy atom. The number of terminal acetylenes is 1. The molecule has 3 fully saturated rings. The Labute approximate surface area is 398 Å². The molecule has 4 atom stereocenters. The Kier molecular flexibility index (Phi) is 16.8. The van der Waals surface area contributed by atoms with Gasteiger partial charge in [0.1, 0.15) is 12.4 Å². The second kappa shape index (κ2) is 22.8. The second-order valence-electron chi connectivity index (χ2n) is 17.7. The Bertz CT molecular complexity index is 2670. The predicted octanol–water partition coefficient (Wildman–Crippen LogP) is 8.17. The Morgan fingerprint density at radius 1 is 0.912 bits per heavy atom. The first-order valence-electron chi connectivity index (χ1n) is 22.9. The molecule has 6 aromatic rings. The van der Waals surface area contributed by atoms with Crippen molar-refractivity contribution >= 4 is 35.1 Å². The van der Waals surface area contributed by atoms with Gasteiger partial charge < -0.3 is 41.2 Å². The number of carbonyl (C=O) groups is 4. The van der Waals surface area contributed by atoms with E-state index in [2.05, 4.69) is 103 Å². The third-order valence-corrected chi connectivity index (χ3v) is 12.7. The van der Waals surface area contributed by atoms with Crippen LogP contribution in [-0.4, -0.2) is 87.1 Å². The zero-order chi connectivity index (χ0) is 49.0. The van der Waals surface area contributed by atoms with Gasteiger partial charge in [-0.1, -0.05) is 106 Å². The molecule has 15 heteroatoms. The summed E-state index contributed by atoms with van der Waals surface area (Å²) in [4.78, 5) is 64.1. The zero-order valence-corrected chi connectivity index (χ0v) is 39.6. The summed E-state index contributed by atoms with van der Waals surface area (Å²) < 4.78 is 12.0. The van der Waals surface area contributed by atoms with Gasteiger partial charge in [0.2, 0.25) is 12.3 Å². The van der Waals surface area contributed by atoms with Crippen LogP contribution in [0.1, 0.15) is 88.7 Å². The number of ether oxygens (including phenoxy) is 2. The van der Waals surface area contributed by atoms with E-state index in [1.54, 1.807) is 18.0 Å². The molecule has 2 saturated carbocycles. The first-order chi connectivity index (χ1) is 32.9. The van der Waals surface area contributed by atoms with E-state index in [4.69, 9.17) is 25.3 Å². The lowest BCUT2D eigenvalue weighted by molar-refractivity contribution is -0.144. The number of hydrogen-bond donors (Lipinski definition) is 4. The van der Waals surface area contributed by atoms with E-state index in [9.17, 15) is 14.4 Å². The number of amides is 4. The number of nitrogens with two attached hydrogens (primary N) is 2. The maximum atomic E-state index is 13.9. The van der Waals surface area contributed by atoms with Gasteiger partial charge in [0.25, 0.3) is 5.91 Å². The molecule has 3 heterocycles. The number of piperidine rings is 1. The summed E-state index contributed by atoms with van der Waals surface area (Å²) in [5, 5.41) is 4.73. The number of imidazole rings is 2. The van der Waals surface area contributed by atoms with Crippen LogP contribution in [0.2, 0.25) is 0 Å². The lowest BCUT2D eigenvalue weighted by Crippen LogP contribution is -2.46.